The summed E-state index contributed by atoms with van der Waals surface area (Å²) in [5, 5.41) is 10.0. The highest BCUT2D eigenvalue weighted by Crippen LogP contribution is 2.25. The van der Waals surface area contributed by atoms with Crippen molar-refractivity contribution in [3.63, 3.8) is 0 Å². The van der Waals surface area contributed by atoms with Crippen molar-refractivity contribution in [2.75, 3.05) is 32.7 Å². The molecule has 3 nitrogen and oxygen atoms in total. The molecule has 0 radical (unpaired) electrons. The van der Waals surface area contributed by atoms with E-state index < -0.39 is 0 Å². The molecule has 0 spiro atoms. The predicted octanol–water partition coefficient (Wildman–Crippen LogP) is 2.75. The van der Waals surface area contributed by atoms with Gasteiger partial charge in [0.1, 0.15) is 0 Å². The lowest BCUT2D eigenvalue weighted by Gasteiger charge is -2.39. The van der Waals surface area contributed by atoms with Crippen LogP contribution in [0.1, 0.15) is 31.2 Å². The van der Waals surface area contributed by atoms with Crippen LogP contribution in [0.25, 0.3) is 0 Å². The van der Waals surface area contributed by atoms with Crippen LogP contribution in [-0.2, 0) is 6.42 Å². The van der Waals surface area contributed by atoms with E-state index in [1.54, 1.807) is 0 Å². The van der Waals surface area contributed by atoms with Gasteiger partial charge in [-0.3, -0.25) is 4.90 Å². The smallest absolute Gasteiger partial charge is 0.0695 e. The van der Waals surface area contributed by atoms with E-state index in [1.165, 1.54) is 41.4 Å². The minimum Gasteiger partial charge on any atom is -0.391 e. The van der Waals surface area contributed by atoms with Crippen LogP contribution in [0, 0.1) is 3.57 Å². The van der Waals surface area contributed by atoms with Crippen LogP contribution in [0.2, 0.25) is 0 Å². The third kappa shape index (κ3) is 4.43. The molecular formula is C18H27IN2O. The molecule has 0 unspecified atom stereocenters. The molecule has 4 heteroatoms. The maximum absolute atomic E-state index is 10.0. The number of benzene rings is 1. The molecule has 1 aliphatic heterocycles. The van der Waals surface area contributed by atoms with Gasteiger partial charge in [0.2, 0.25) is 0 Å². The minimum absolute atomic E-state index is 0.0768. The summed E-state index contributed by atoms with van der Waals surface area (Å²) in [7, 11) is 0. The van der Waals surface area contributed by atoms with Crippen molar-refractivity contribution in [3.8, 4) is 0 Å². The summed E-state index contributed by atoms with van der Waals surface area (Å²) < 4.78 is 1.33. The molecule has 2 aliphatic rings. The van der Waals surface area contributed by atoms with E-state index in [0.29, 0.717) is 6.04 Å². The van der Waals surface area contributed by atoms with Crippen molar-refractivity contribution in [1.29, 1.82) is 0 Å². The van der Waals surface area contributed by atoms with Gasteiger partial charge in [0.25, 0.3) is 0 Å². The molecule has 22 heavy (non-hydrogen) atoms. The van der Waals surface area contributed by atoms with Gasteiger partial charge in [0.05, 0.1) is 6.10 Å². The number of hydrogen-bond acceptors (Lipinski definition) is 3. The minimum atomic E-state index is -0.0768. The maximum Gasteiger partial charge on any atom is 0.0695 e. The normalized spacial score (nSPS) is 27.4. The van der Waals surface area contributed by atoms with E-state index in [9.17, 15) is 5.11 Å². The van der Waals surface area contributed by atoms with Gasteiger partial charge < -0.3 is 10.0 Å². The van der Waals surface area contributed by atoms with Gasteiger partial charge in [-0.05, 0) is 78.9 Å². The van der Waals surface area contributed by atoms with E-state index in [-0.39, 0.29) is 6.10 Å². The van der Waals surface area contributed by atoms with Crippen molar-refractivity contribution >= 4 is 22.6 Å². The maximum atomic E-state index is 10.0. The fourth-order valence-electron chi connectivity index (χ4n) is 3.86. The Bertz CT molecular complexity index is 474. The Balaban J connectivity index is 1.37. The van der Waals surface area contributed by atoms with Crippen molar-refractivity contribution in [2.45, 2.75) is 44.2 Å². The molecule has 0 bridgehead atoms. The molecule has 2 atom stereocenters. The Labute approximate surface area is 147 Å². The second-order valence-corrected chi connectivity index (χ2v) is 7.92. The number of rotatable bonds is 5. The molecule has 1 saturated heterocycles. The van der Waals surface area contributed by atoms with Gasteiger partial charge in [0, 0.05) is 35.8 Å². The molecule has 1 N–H and O–H groups in total. The first-order valence-corrected chi connectivity index (χ1v) is 9.69. The molecule has 1 saturated carbocycles. The van der Waals surface area contributed by atoms with Crippen molar-refractivity contribution in [2.24, 2.45) is 0 Å². The van der Waals surface area contributed by atoms with Crippen LogP contribution in [0.3, 0.4) is 0 Å². The van der Waals surface area contributed by atoms with Gasteiger partial charge in [-0.25, -0.2) is 0 Å². The lowest BCUT2D eigenvalue weighted by molar-refractivity contribution is 0.0353. The van der Waals surface area contributed by atoms with Crippen molar-refractivity contribution in [3.05, 3.63) is 33.4 Å². The molecular weight excluding hydrogens is 383 g/mol. The van der Waals surface area contributed by atoms with Gasteiger partial charge in [0.15, 0.2) is 0 Å². The number of aliphatic hydroxyl groups excluding tert-OH is 1. The molecule has 3 rings (SSSR count). The molecule has 0 aromatic heterocycles. The average Bonchev–Trinajstić information content (AvgIpc) is 2.94. The zero-order chi connectivity index (χ0) is 15.4. The van der Waals surface area contributed by atoms with Crippen LogP contribution in [0.15, 0.2) is 24.3 Å². The Kier molecular flexibility index (Phi) is 6.13. The highest BCUT2D eigenvalue weighted by atomic mass is 123. The van der Waals surface area contributed by atoms with E-state index in [0.717, 1.165) is 32.6 Å². The van der Waals surface area contributed by atoms with Crippen molar-refractivity contribution < 1.29 is 5.11 Å². The standard InChI is InChI=1S/C18H27IN2O/c19-16-6-1-4-15(14-16)5-3-9-20-10-12-21(13-11-20)17-7-2-8-18(17)22/h1,4,6,14,17-18,22H,2-3,5,7-13H2/t17-,18-/m0/s1/i19-4. The quantitative estimate of drug-likeness (QED) is 0.757. The average molecular weight is 410 g/mol. The summed E-state index contributed by atoms with van der Waals surface area (Å²) in [5.41, 5.74) is 1.46. The SMILES string of the molecule is O[C@H]1CCC[C@@H]1N1CCN(CCCc2cccc([123I])c2)CC1. The highest BCUT2D eigenvalue weighted by Gasteiger charge is 2.32. The Hall–Kier alpha value is -0.170. The summed E-state index contributed by atoms with van der Waals surface area (Å²) in [6.45, 7) is 5.79. The first kappa shape index (κ1) is 16.7. The zero-order valence-electron chi connectivity index (χ0n) is 13.3. The highest BCUT2D eigenvalue weighted by molar-refractivity contribution is 14.1. The Morgan fingerprint density at radius 3 is 2.64 bits per heavy atom. The Morgan fingerprint density at radius 2 is 1.95 bits per heavy atom. The fraction of sp³-hybridized carbons (Fsp3) is 0.667. The molecule has 2 fully saturated rings. The number of hydrogen-bond donors (Lipinski definition) is 1. The van der Waals surface area contributed by atoms with Crippen LogP contribution in [0.5, 0.6) is 0 Å². The number of aliphatic hydroxyl groups is 1. The number of aryl methyl sites for hydroxylation is 1. The van der Waals surface area contributed by atoms with Gasteiger partial charge in [-0.15, -0.1) is 0 Å². The molecule has 1 heterocycles. The summed E-state index contributed by atoms with van der Waals surface area (Å²) in [6.07, 6.45) is 5.73. The second kappa shape index (κ2) is 8.08. The third-order valence-corrected chi connectivity index (χ3v) is 5.82. The molecule has 0 amide bonds. The van der Waals surface area contributed by atoms with E-state index in [4.69, 9.17) is 0 Å². The summed E-state index contributed by atoms with van der Waals surface area (Å²) >= 11 is 2.39. The van der Waals surface area contributed by atoms with Gasteiger partial charge >= 0.3 is 0 Å². The molecule has 1 aromatic rings. The van der Waals surface area contributed by atoms with E-state index in [1.807, 2.05) is 0 Å². The first-order valence-electron chi connectivity index (χ1n) is 8.61. The molecule has 122 valence electrons. The predicted molar refractivity (Wildman–Crippen MR) is 99.1 cm³/mol. The number of halogens is 1. The number of nitrogens with zero attached hydrogens (tertiary/aromatic N) is 2. The summed E-state index contributed by atoms with van der Waals surface area (Å²) in [4.78, 5) is 5.11. The zero-order valence-corrected chi connectivity index (χ0v) is 15.4. The van der Waals surface area contributed by atoms with Crippen LogP contribution < -0.4 is 0 Å². The second-order valence-electron chi connectivity index (χ2n) is 6.68. The fourth-order valence-corrected chi connectivity index (χ4v) is 4.47. The number of piperazine rings is 1. The molecule has 1 aromatic carbocycles. The lowest BCUT2D eigenvalue weighted by atomic mass is 10.1. The van der Waals surface area contributed by atoms with E-state index in [2.05, 4.69) is 56.7 Å². The monoisotopic (exact) mass is 410 g/mol. The largest absolute Gasteiger partial charge is 0.391 e. The van der Waals surface area contributed by atoms with E-state index >= 15 is 0 Å². The lowest BCUT2D eigenvalue weighted by Crippen LogP contribution is -2.52. The van der Waals surface area contributed by atoms with Crippen LogP contribution in [-0.4, -0.2) is 59.8 Å². The summed E-state index contributed by atoms with van der Waals surface area (Å²) in [6, 6.07) is 9.28. The van der Waals surface area contributed by atoms with Crippen molar-refractivity contribution in [1.82, 2.24) is 9.80 Å². The first-order chi connectivity index (χ1) is 10.7. The third-order valence-electron chi connectivity index (χ3n) is 5.15. The van der Waals surface area contributed by atoms with Crippen LogP contribution in [0.4, 0.5) is 0 Å². The van der Waals surface area contributed by atoms with Crippen LogP contribution >= 0.6 is 22.6 Å². The Morgan fingerprint density at radius 1 is 1.14 bits per heavy atom. The summed E-state index contributed by atoms with van der Waals surface area (Å²) in [5.74, 6) is 0. The van der Waals surface area contributed by atoms with Gasteiger partial charge in [-0.2, -0.15) is 0 Å². The molecule has 1 aliphatic carbocycles. The van der Waals surface area contributed by atoms with Gasteiger partial charge in [-0.1, -0.05) is 12.1 Å². The topological polar surface area (TPSA) is 26.7 Å².